The summed E-state index contributed by atoms with van der Waals surface area (Å²) in [7, 11) is -4.11. The zero-order valence-electron chi connectivity index (χ0n) is 14.0. The minimum absolute atomic E-state index is 0.339. The number of ether oxygens (including phenoxy) is 2. The fourth-order valence-electron chi connectivity index (χ4n) is 1.60. The van der Waals surface area contributed by atoms with E-state index in [0.29, 0.717) is 12.1 Å². The first-order chi connectivity index (χ1) is 11.4. The average Bonchev–Trinajstić information content (AvgIpc) is 2.46. The Bertz CT molecular complexity index is 743. The average molecular weight is 379 g/mol. The fraction of sp³-hybridized carbons (Fsp3) is 0.467. The van der Waals surface area contributed by atoms with E-state index in [1.165, 1.54) is 0 Å². The number of carbonyl (C=O) groups is 2. The first kappa shape index (κ1) is 21.0. The second-order valence-corrected chi connectivity index (χ2v) is 7.74. The van der Waals surface area contributed by atoms with E-state index in [1.807, 2.05) is 4.72 Å². The quantitative estimate of drug-likeness (QED) is 0.721. The van der Waals surface area contributed by atoms with E-state index in [9.17, 15) is 26.8 Å². The number of benzene rings is 1. The SMILES string of the molecule is CC(C)(C)OC(=O)COC(=O)CCNS(=O)(=O)c1ccc(F)c(F)c1. The van der Waals surface area contributed by atoms with Crippen molar-refractivity contribution in [3.63, 3.8) is 0 Å². The number of carbonyl (C=O) groups excluding carboxylic acids is 2. The molecule has 0 aromatic heterocycles. The van der Waals surface area contributed by atoms with Crippen LogP contribution in [0.3, 0.4) is 0 Å². The van der Waals surface area contributed by atoms with Crippen LogP contribution >= 0.6 is 0 Å². The van der Waals surface area contributed by atoms with Gasteiger partial charge in [-0.15, -0.1) is 0 Å². The molecule has 0 aliphatic carbocycles. The van der Waals surface area contributed by atoms with Crippen molar-refractivity contribution in [1.29, 1.82) is 0 Å². The molecule has 0 saturated heterocycles. The van der Waals surface area contributed by atoms with Crippen LogP contribution in [0.5, 0.6) is 0 Å². The van der Waals surface area contributed by atoms with Crippen LogP contribution in [-0.2, 0) is 29.1 Å². The van der Waals surface area contributed by atoms with Gasteiger partial charge in [0.15, 0.2) is 18.2 Å². The van der Waals surface area contributed by atoms with E-state index in [0.717, 1.165) is 6.07 Å². The van der Waals surface area contributed by atoms with E-state index in [1.54, 1.807) is 20.8 Å². The van der Waals surface area contributed by atoms with E-state index >= 15 is 0 Å². The Kier molecular flexibility index (Phi) is 7.00. The van der Waals surface area contributed by atoms with Crippen molar-refractivity contribution < 1.29 is 36.3 Å². The van der Waals surface area contributed by atoms with E-state index in [4.69, 9.17) is 4.74 Å². The Labute approximate surface area is 144 Å². The second kappa shape index (κ2) is 8.34. The summed E-state index contributed by atoms with van der Waals surface area (Å²) in [5.41, 5.74) is -0.719. The van der Waals surface area contributed by atoms with E-state index < -0.39 is 50.7 Å². The van der Waals surface area contributed by atoms with Gasteiger partial charge in [0.1, 0.15) is 5.60 Å². The molecule has 0 radical (unpaired) electrons. The second-order valence-electron chi connectivity index (χ2n) is 5.97. The van der Waals surface area contributed by atoms with Crippen LogP contribution in [0.2, 0.25) is 0 Å². The molecule has 0 saturated carbocycles. The number of esters is 2. The van der Waals surface area contributed by atoms with Gasteiger partial charge in [0.05, 0.1) is 11.3 Å². The molecule has 1 N–H and O–H groups in total. The topological polar surface area (TPSA) is 98.8 Å². The summed E-state index contributed by atoms with van der Waals surface area (Å²) in [5.74, 6) is -4.04. The molecule has 0 fully saturated rings. The van der Waals surface area contributed by atoms with Crippen molar-refractivity contribution >= 4 is 22.0 Å². The van der Waals surface area contributed by atoms with E-state index in [2.05, 4.69) is 4.74 Å². The maximum absolute atomic E-state index is 13.1. The van der Waals surface area contributed by atoms with Gasteiger partial charge in [-0.1, -0.05) is 0 Å². The van der Waals surface area contributed by atoms with Gasteiger partial charge in [0.2, 0.25) is 10.0 Å². The largest absolute Gasteiger partial charge is 0.457 e. The zero-order valence-corrected chi connectivity index (χ0v) is 14.8. The fourth-order valence-corrected chi connectivity index (χ4v) is 2.64. The van der Waals surface area contributed by atoms with Crippen LogP contribution in [0.1, 0.15) is 27.2 Å². The smallest absolute Gasteiger partial charge is 0.344 e. The Balaban J connectivity index is 2.44. The monoisotopic (exact) mass is 379 g/mol. The Morgan fingerprint density at radius 1 is 1.12 bits per heavy atom. The molecule has 10 heteroatoms. The highest BCUT2D eigenvalue weighted by atomic mass is 32.2. The summed E-state index contributed by atoms with van der Waals surface area (Å²) in [6, 6.07) is 2.10. The summed E-state index contributed by atoms with van der Waals surface area (Å²) in [6.45, 7) is 4.03. The minimum Gasteiger partial charge on any atom is -0.457 e. The number of sulfonamides is 1. The van der Waals surface area contributed by atoms with Crippen molar-refractivity contribution in [3.8, 4) is 0 Å². The molecule has 140 valence electrons. The molecule has 0 spiro atoms. The molecular weight excluding hydrogens is 360 g/mol. The van der Waals surface area contributed by atoms with Gasteiger partial charge in [0, 0.05) is 6.54 Å². The van der Waals surface area contributed by atoms with Gasteiger partial charge in [-0.25, -0.2) is 26.7 Å². The highest BCUT2D eigenvalue weighted by Crippen LogP contribution is 2.13. The minimum atomic E-state index is -4.11. The van der Waals surface area contributed by atoms with Gasteiger partial charge in [-0.3, -0.25) is 4.79 Å². The lowest BCUT2D eigenvalue weighted by atomic mass is 10.2. The third-order valence-electron chi connectivity index (χ3n) is 2.59. The zero-order chi connectivity index (χ0) is 19.3. The van der Waals surface area contributed by atoms with Crippen molar-refractivity contribution in [2.75, 3.05) is 13.2 Å². The van der Waals surface area contributed by atoms with Crippen molar-refractivity contribution in [2.24, 2.45) is 0 Å². The predicted molar refractivity (Wildman–Crippen MR) is 83.0 cm³/mol. The molecule has 0 aliphatic heterocycles. The summed E-state index contributed by atoms with van der Waals surface area (Å²) in [4.78, 5) is 22.3. The third-order valence-corrected chi connectivity index (χ3v) is 4.05. The van der Waals surface area contributed by atoms with Gasteiger partial charge < -0.3 is 9.47 Å². The van der Waals surface area contributed by atoms with Crippen LogP contribution in [-0.4, -0.2) is 39.1 Å². The molecule has 0 unspecified atom stereocenters. The van der Waals surface area contributed by atoms with Crippen LogP contribution < -0.4 is 4.72 Å². The lowest BCUT2D eigenvalue weighted by Gasteiger charge is -2.19. The number of rotatable bonds is 7. The number of hydrogen-bond acceptors (Lipinski definition) is 6. The van der Waals surface area contributed by atoms with Gasteiger partial charge in [-0.2, -0.15) is 0 Å². The predicted octanol–water partition coefficient (Wildman–Crippen LogP) is 1.52. The van der Waals surface area contributed by atoms with Crippen LogP contribution in [0.25, 0.3) is 0 Å². The van der Waals surface area contributed by atoms with Gasteiger partial charge in [-0.05, 0) is 39.0 Å². The first-order valence-corrected chi connectivity index (χ1v) is 8.71. The number of nitrogens with one attached hydrogen (secondary N) is 1. The highest BCUT2D eigenvalue weighted by Gasteiger charge is 2.19. The van der Waals surface area contributed by atoms with Crippen LogP contribution in [0.15, 0.2) is 23.1 Å². The Morgan fingerprint density at radius 2 is 1.76 bits per heavy atom. The summed E-state index contributed by atoms with van der Waals surface area (Å²) in [6.07, 6.45) is -0.355. The number of halogens is 2. The molecule has 1 aromatic carbocycles. The van der Waals surface area contributed by atoms with Crippen molar-refractivity contribution in [1.82, 2.24) is 4.72 Å². The molecule has 0 heterocycles. The number of hydrogen-bond donors (Lipinski definition) is 1. The maximum atomic E-state index is 13.1. The third kappa shape index (κ3) is 7.57. The maximum Gasteiger partial charge on any atom is 0.344 e. The molecule has 7 nitrogen and oxygen atoms in total. The highest BCUT2D eigenvalue weighted by molar-refractivity contribution is 7.89. The van der Waals surface area contributed by atoms with Gasteiger partial charge >= 0.3 is 11.9 Å². The Morgan fingerprint density at radius 3 is 2.32 bits per heavy atom. The Hall–Kier alpha value is -2.07. The van der Waals surface area contributed by atoms with E-state index in [-0.39, 0.29) is 13.0 Å². The summed E-state index contributed by atoms with van der Waals surface area (Å²) in [5, 5.41) is 0. The molecule has 25 heavy (non-hydrogen) atoms. The lowest BCUT2D eigenvalue weighted by Crippen LogP contribution is -2.29. The van der Waals surface area contributed by atoms with Crippen molar-refractivity contribution in [3.05, 3.63) is 29.8 Å². The molecule has 0 amide bonds. The molecule has 0 atom stereocenters. The molecule has 1 rings (SSSR count). The first-order valence-electron chi connectivity index (χ1n) is 7.23. The summed E-state index contributed by atoms with van der Waals surface area (Å²) >= 11 is 0. The van der Waals surface area contributed by atoms with Gasteiger partial charge in [0.25, 0.3) is 0 Å². The molecular formula is C15H19F2NO6S. The summed E-state index contributed by atoms with van der Waals surface area (Å²) < 4.78 is 61.2. The van der Waals surface area contributed by atoms with Crippen LogP contribution in [0, 0.1) is 11.6 Å². The molecule has 0 aliphatic rings. The molecule has 1 aromatic rings. The normalized spacial score (nSPS) is 11.9. The van der Waals surface area contributed by atoms with Crippen molar-refractivity contribution in [2.45, 2.75) is 37.7 Å². The standard InChI is InChI=1S/C15H19F2NO6S/c1-15(2,3)24-14(20)9-23-13(19)6-7-18-25(21,22)10-4-5-11(16)12(17)8-10/h4-5,8,18H,6-7,9H2,1-3H3. The lowest BCUT2D eigenvalue weighted by molar-refractivity contribution is -0.166. The molecule has 0 bridgehead atoms. The van der Waals surface area contributed by atoms with Crippen LogP contribution in [0.4, 0.5) is 8.78 Å².